The van der Waals surface area contributed by atoms with E-state index in [9.17, 15) is 0 Å². The van der Waals surface area contributed by atoms with Crippen molar-refractivity contribution >= 4 is 11.5 Å². The molecule has 1 aromatic rings. The molecule has 72 valence electrons. The SMILES string of the molecule is C=C(CC)CC(N)c1snnc1C. The Kier molecular flexibility index (Phi) is 3.57. The van der Waals surface area contributed by atoms with Crippen molar-refractivity contribution in [1.82, 2.24) is 9.59 Å². The third-order valence-corrected chi connectivity index (χ3v) is 2.99. The Labute approximate surface area is 82.8 Å². The van der Waals surface area contributed by atoms with E-state index in [2.05, 4.69) is 23.1 Å². The van der Waals surface area contributed by atoms with E-state index in [4.69, 9.17) is 5.73 Å². The van der Waals surface area contributed by atoms with Crippen molar-refractivity contribution in [3.05, 3.63) is 22.7 Å². The second kappa shape index (κ2) is 4.48. The summed E-state index contributed by atoms with van der Waals surface area (Å²) in [7, 11) is 0. The van der Waals surface area contributed by atoms with Gasteiger partial charge in [0.1, 0.15) is 0 Å². The molecule has 1 heterocycles. The van der Waals surface area contributed by atoms with Crippen LogP contribution in [-0.4, -0.2) is 9.59 Å². The lowest BCUT2D eigenvalue weighted by molar-refractivity contribution is 0.707. The van der Waals surface area contributed by atoms with E-state index in [0.29, 0.717) is 0 Å². The Morgan fingerprint density at radius 1 is 1.69 bits per heavy atom. The maximum atomic E-state index is 5.99. The first-order valence-electron chi connectivity index (χ1n) is 4.36. The van der Waals surface area contributed by atoms with Crippen molar-refractivity contribution in [1.29, 1.82) is 0 Å². The van der Waals surface area contributed by atoms with E-state index < -0.39 is 0 Å². The molecule has 1 unspecified atom stereocenters. The van der Waals surface area contributed by atoms with Crippen molar-refractivity contribution in [3.8, 4) is 0 Å². The van der Waals surface area contributed by atoms with E-state index in [1.807, 2.05) is 6.92 Å². The van der Waals surface area contributed by atoms with E-state index >= 15 is 0 Å². The second-order valence-corrected chi connectivity index (χ2v) is 3.92. The van der Waals surface area contributed by atoms with Gasteiger partial charge in [0.15, 0.2) is 0 Å². The number of aromatic nitrogens is 2. The fourth-order valence-corrected chi connectivity index (χ4v) is 1.77. The first kappa shape index (κ1) is 10.3. The summed E-state index contributed by atoms with van der Waals surface area (Å²) < 4.78 is 3.86. The molecule has 0 aliphatic heterocycles. The fraction of sp³-hybridized carbons (Fsp3) is 0.556. The Balaban J connectivity index is 2.63. The molecule has 0 bridgehead atoms. The highest BCUT2D eigenvalue weighted by Crippen LogP contribution is 2.23. The number of nitrogens with zero attached hydrogens (tertiary/aromatic N) is 2. The second-order valence-electron chi connectivity index (χ2n) is 3.14. The molecule has 4 heteroatoms. The molecule has 0 amide bonds. The summed E-state index contributed by atoms with van der Waals surface area (Å²) in [6, 6.07) is 0.0208. The molecule has 2 N–H and O–H groups in total. The molecule has 0 saturated heterocycles. The number of rotatable bonds is 4. The summed E-state index contributed by atoms with van der Waals surface area (Å²) in [5.74, 6) is 0. The fourth-order valence-electron chi connectivity index (χ4n) is 1.13. The minimum absolute atomic E-state index is 0.0208. The van der Waals surface area contributed by atoms with Gasteiger partial charge in [-0.1, -0.05) is 23.6 Å². The number of hydrogen-bond donors (Lipinski definition) is 1. The van der Waals surface area contributed by atoms with Crippen molar-refractivity contribution in [2.45, 2.75) is 32.7 Å². The Morgan fingerprint density at radius 2 is 2.38 bits per heavy atom. The Hall–Kier alpha value is -0.740. The van der Waals surface area contributed by atoms with Crippen molar-refractivity contribution in [2.24, 2.45) is 5.73 Å². The van der Waals surface area contributed by atoms with E-state index in [1.54, 1.807) is 0 Å². The van der Waals surface area contributed by atoms with Crippen LogP contribution in [0.2, 0.25) is 0 Å². The van der Waals surface area contributed by atoms with E-state index in [1.165, 1.54) is 17.1 Å². The quantitative estimate of drug-likeness (QED) is 0.753. The van der Waals surface area contributed by atoms with Gasteiger partial charge < -0.3 is 5.73 Å². The highest BCUT2D eigenvalue weighted by atomic mass is 32.1. The standard InChI is InChI=1S/C9H15N3S/c1-4-6(2)5-8(10)9-7(3)11-12-13-9/h8H,2,4-5,10H2,1,3H3. The molecule has 3 nitrogen and oxygen atoms in total. The van der Waals surface area contributed by atoms with E-state index in [-0.39, 0.29) is 6.04 Å². The van der Waals surface area contributed by atoms with Crippen LogP contribution in [0.4, 0.5) is 0 Å². The average Bonchev–Trinajstić information content (AvgIpc) is 2.51. The van der Waals surface area contributed by atoms with Crippen LogP contribution in [0, 0.1) is 6.92 Å². The Bertz CT molecular complexity index is 293. The lowest BCUT2D eigenvalue weighted by Crippen LogP contribution is -2.10. The molecule has 0 aliphatic rings. The summed E-state index contributed by atoms with van der Waals surface area (Å²) in [6.45, 7) is 7.96. The summed E-state index contributed by atoms with van der Waals surface area (Å²) >= 11 is 1.38. The van der Waals surface area contributed by atoms with Gasteiger partial charge in [-0.25, -0.2) is 0 Å². The molecule has 0 saturated carbocycles. The molecule has 0 aliphatic carbocycles. The average molecular weight is 197 g/mol. The van der Waals surface area contributed by atoms with Crippen LogP contribution >= 0.6 is 11.5 Å². The van der Waals surface area contributed by atoms with E-state index in [0.717, 1.165) is 23.4 Å². The number of nitrogens with two attached hydrogens (primary N) is 1. The van der Waals surface area contributed by atoms with Gasteiger partial charge in [-0.15, -0.1) is 5.10 Å². The molecule has 1 atom stereocenters. The highest BCUT2D eigenvalue weighted by Gasteiger charge is 2.12. The molecular weight excluding hydrogens is 182 g/mol. The largest absolute Gasteiger partial charge is 0.323 e. The predicted octanol–water partition coefficient (Wildman–Crippen LogP) is 2.20. The van der Waals surface area contributed by atoms with Crippen molar-refractivity contribution in [2.75, 3.05) is 0 Å². The molecule has 1 rings (SSSR count). The first-order valence-corrected chi connectivity index (χ1v) is 5.13. The zero-order valence-electron chi connectivity index (χ0n) is 8.08. The van der Waals surface area contributed by atoms with Gasteiger partial charge in [-0.05, 0) is 31.3 Å². The maximum absolute atomic E-state index is 5.99. The smallest absolute Gasteiger partial charge is 0.0772 e. The summed E-state index contributed by atoms with van der Waals surface area (Å²) in [5, 5.41) is 3.93. The van der Waals surface area contributed by atoms with Gasteiger partial charge in [0.2, 0.25) is 0 Å². The van der Waals surface area contributed by atoms with Crippen LogP contribution in [0.1, 0.15) is 36.4 Å². The number of aryl methyl sites for hydroxylation is 1. The first-order chi connectivity index (χ1) is 6.15. The molecular formula is C9H15N3S. The zero-order valence-corrected chi connectivity index (χ0v) is 8.90. The summed E-state index contributed by atoms with van der Waals surface area (Å²) in [5.41, 5.74) is 8.11. The predicted molar refractivity (Wildman–Crippen MR) is 55.6 cm³/mol. The van der Waals surface area contributed by atoms with Gasteiger partial charge in [0.05, 0.1) is 10.6 Å². The van der Waals surface area contributed by atoms with Crippen molar-refractivity contribution < 1.29 is 0 Å². The zero-order chi connectivity index (χ0) is 9.84. The molecule has 1 aromatic heterocycles. The minimum Gasteiger partial charge on any atom is -0.323 e. The Morgan fingerprint density at radius 3 is 2.85 bits per heavy atom. The number of hydrogen-bond acceptors (Lipinski definition) is 4. The van der Waals surface area contributed by atoms with Crippen LogP contribution in [-0.2, 0) is 0 Å². The van der Waals surface area contributed by atoms with Crippen LogP contribution in [0.15, 0.2) is 12.2 Å². The highest BCUT2D eigenvalue weighted by molar-refractivity contribution is 7.05. The minimum atomic E-state index is 0.0208. The summed E-state index contributed by atoms with van der Waals surface area (Å²) in [4.78, 5) is 1.08. The van der Waals surface area contributed by atoms with Crippen LogP contribution in [0.5, 0.6) is 0 Å². The maximum Gasteiger partial charge on any atom is 0.0772 e. The van der Waals surface area contributed by atoms with Gasteiger partial charge in [0, 0.05) is 6.04 Å². The molecule has 0 aromatic carbocycles. The third-order valence-electron chi connectivity index (χ3n) is 2.03. The van der Waals surface area contributed by atoms with Gasteiger partial charge in [-0.3, -0.25) is 0 Å². The molecule has 0 spiro atoms. The molecule has 13 heavy (non-hydrogen) atoms. The van der Waals surface area contributed by atoms with Crippen molar-refractivity contribution in [3.63, 3.8) is 0 Å². The van der Waals surface area contributed by atoms with Gasteiger partial charge >= 0.3 is 0 Å². The van der Waals surface area contributed by atoms with Gasteiger partial charge in [0.25, 0.3) is 0 Å². The van der Waals surface area contributed by atoms with Crippen LogP contribution in [0.25, 0.3) is 0 Å². The topological polar surface area (TPSA) is 51.8 Å². The normalized spacial score (nSPS) is 12.8. The van der Waals surface area contributed by atoms with Crippen LogP contribution in [0.3, 0.4) is 0 Å². The summed E-state index contributed by atoms with van der Waals surface area (Å²) in [6.07, 6.45) is 1.82. The molecule has 0 radical (unpaired) electrons. The molecule has 0 fully saturated rings. The van der Waals surface area contributed by atoms with Gasteiger partial charge in [-0.2, -0.15) is 0 Å². The lowest BCUT2D eigenvalue weighted by Gasteiger charge is -2.10. The monoisotopic (exact) mass is 197 g/mol. The lowest BCUT2D eigenvalue weighted by atomic mass is 10.0. The van der Waals surface area contributed by atoms with Crippen LogP contribution < -0.4 is 5.73 Å². The third kappa shape index (κ3) is 2.60.